The van der Waals surface area contributed by atoms with Crippen LogP contribution in [0.15, 0.2) is 52.4 Å². The van der Waals surface area contributed by atoms with E-state index in [2.05, 4.69) is 20.5 Å². The average Bonchev–Trinajstić information content (AvgIpc) is 2.66. The van der Waals surface area contributed by atoms with Gasteiger partial charge in [0, 0.05) is 5.56 Å². The van der Waals surface area contributed by atoms with Gasteiger partial charge in [-0.2, -0.15) is 10.4 Å². The quantitative estimate of drug-likeness (QED) is 0.549. The molecular weight excluding hydrogens is 345 g/mol. The van der Waals surface area contributed by atoms with Crippen molar-refractivity contribution in [3.05, 3.63) is 80.9 Å². The molecule has 0 radical (unpaired) electrons. The van der Waals surface area contributed by atoms with Crippen LogP contribution in [0.5, 0.6) is 0 Å². The number of anilines is 1. The Kier molecular flexibility index (Phi) is 5.08. The Labute approximate surface area is 155 Å². The van der Waals surface area contributed by atoms with Gasteiger partial charge in [0.25, 0.3) is 5.56 Å². The van der Waals surface area contributed by atoms with Crippen molar-refractivity contribution in [2.24, 2.45) is 5.10 Å². The number of rotatable bonds is 4. The van der Waals surface area contributed by atoms with Gasteiger partial charge in [0.1, 0.15) is 17.4 Å². The minimum atomic E-state index is -0.558. The number of aryl methyl sites for hydroxylation is 2. The molecule has 0 amide bonds. The normalized spacial score (nSPS) is 10.7. The third-order valence-electron chi connectivity index (χ3n) is 3.92. The number of nitriles is 1. The van der Waals surface area contributed by atoms with Crippen molar-refractivity contribution < 1.29 is 4.39 Å². The maximum atomic E-state index is 13.7. The highest BCUT2D eigenvalue weighted by atomic mass is 19.1. The van der Waals surface area contributed by atoms with E-state index in [1.165, 1.54) is 6.21 Å². The molecule has 3 aromatic rings. The molecule has 134 valence electrons. The van der Waals surface area contributed by atoms with Gasteiger partial charge in [0.2, 0.25) is 5.95 Å². The monoisotopic (exact) mass is 361 g/mol. The number of hydrogen-bond acceptors (Lipinski definition) is 5. The first-order chi connectivity index (χ1) is 13.0. The van der Waals surface area contributed by atoms with Crippen molar-refractivity contribution in [2.45, 2.75) is 13.8 Å². The van der Waals surface area contributed by atoms with Crippen LogP contribution < -0.4 is 11.0 Å². The smallest absolute Gasteiger partial charge is 0.270 e. The largest absolute Gasteiger partial charge is 0.290 e. The predicted molar refractivity (Wildman–Crippen MR) is 102 cm³/mol. The van der Waals surface area contributed by atoms with Crippen molar-refractivity contribution in [1.82, 2.24) is 9.97 Å². The Morgan fingerprint density at radius 3 is 2.52 bits per heavy atom. The van der Waals surface area contributed by atoms with Crippen LogP contribution >= 0.6 is 0 Å². The molecule has 3 rings (SSSR count). The van der Waals surface area contributed by atoms with Crippen molar-refractivity contribution in [3.8, 4) is 17.3 Å². The van der Waals surface area contributed by atoms with Gasteiger partial charge in [-0.15, -0.1) is 0 Å². The molecule has 2 N–H and O–H groups in total. The molecule has 1 heterocycles. The van der Waals surface area contributed by atoms with Gasteiger partial charge in [-0.3, -0.25) is 9.78 Å². The molecule has 0 aliphatic carbocycles. The summed E-state index contributed by atoms with van der Waals surface area (Å²) in [6, 6.07) is 14.2. The number of nitrogens with zero attached hydrogens (tertiary/aromatic N) is 3. The Hall–Kier alpha value is -3.79. The lowest BCUT2D eigenvalue weighted by Gasteiger charge is -2.06. The number of nitrogens with one attached hydrogen (secondary N) is 2. The van der Waals surface area contributed by atoms with Crippen molar-refractivity contribution >= 4 is 12.2 Å². The maximum absolute atomic E-state index is 13.7. The first kappa shape index (κ1) is 18.0. The molecule has 0 saturated heterocycles. The molecule has 0 saturated carbocycles. The van der Waals surface area contributed by atoms with Crippen LogP contribution in [0.25, 0.3) is 11.3 Å². The van der Waals surface area contributed by atoms with E-state index in [1.807, 2.05) is 12.1 Å². The van der Waals surface area contributed by atoms with Gasteiger partial charge >= 0.3 is 0 Å². The second kappa shape index (κ2) is 7.62. The second-order valence-corrected chi connectivity index (χ2v) is 5.95. The fourth-order valence-corrected chi connectivity index (χ4v) is 2.66. The van der Waals surface area contributed by atoms with E-state index in [0.29, 0.717) is 22.3 Å². The van der Waals surface area contributed by atoms with Crippen molar-refractivity contribution in [2.75, 3.05) is 5.43 Å². The molecule has 0 aliphatic heterocycles. The summed E-state index contributed by atoms with van der Waals surface area (Å²) in [5, 5.41) is 13.3. The SMILES string of the molecule is Cc1cc(C=NNc2nc(-c3ccccc3)c(C#N)c(=O)[nH]2)cc(C)c1F. The second-order valence-electron chi connectivity index (χ2n) is 5.95. The zero-order chi connectivity index (χ0) is 19.4. The number of H-pyrrole nitrogens is 1. The molecule has 0 unspecified atom stereocenters. The first-order valence-corrected chi connectivity index (χ1v) is 8.15. The Morgan fingerprint density at radius 1 is 1.22 bits per heavy atom. The topological polar surface area (TPSA) is 93.9 Å². The molecule has 7 heteroatoms. The number of aromatic nitrogens is 2. The van der Waals surface area contributed by atoms with Crippen LogP contribution in [0.1, 0.15) is 22.3 Å². The summed E-state index contributed by atoms with van der Waals surface area (Å²) in [7, 11) is 0. The van der Waals surface area contributed by atoms with Gasteiger partial charge < -0.3 is 0 Å². The molecule has 6 nitrogen and oxygen atoms in total. The third kappa shape index (κ3) is 3.90. The summed E-state index contributed by atoms with van der Waals surface area (Å²) in [4.78, 5) is 18.9. The van der Waals surface area contributed by atoms with Crippen LogP contribution in [0.3, 0.4) is 0 Å². The van der Waals surface area contributed by atoms with E-state index in [-0.39, 0.29) is 23.0 Å². The summed E-state index contributed by atoms with van der Waals surface area (Å²) in [5.41, 5.74) is 4.69. The fraction of sp³-hybridized carbons (Fsp3) is 0.100. The van der Waals surface area contributed by atoms with E-state index in [4.69, 9.17) is 0 Å². The number of benzene rings is 2. The molecule has 0 spiro atoms. The highest BCUT2D eigenvalue weighted by Gasteiger charge is 2.12. The Bertz CT molecular complexity index is 1090. The van der Waals surface area contributed by atoms with Gasteiger partial charge in [0.15, 0.2) is 0 Å². The van der Waals surface area contributed by atoms with Gasteiger partial charge in [-0.1, -0.05) is 30.3 Å². The highest BCUT2D eigenvalue weighted by Crippen LogP contribution is 2.19. The average molecular weight is 361 g/mol. The van der Waals surface area contributed by atoms with Crippen molar-refractivity contribution in [1.29, 1.82) is 5.26 Å². The van der Waals surface area contributed by atoms with E-state index in [9.17, 15) is 14.4 Å². The summed E-state index contributed by atoms with van der Waals surface area (Å²) in [5.74, 6) is -0.143. The van der Waals surface area contributed by atoms with Crippen LogP contribution in [0, 0.1) is 31.0 Å². The van der Waals surface area contributed by atoms with E-state index >= 15 is 0 Å². The first-order valence-electron chi connectivity index (χ1n) is 8.15. The highest BCUT2D eigenvalue weighted by molar-refractivity contribution is 5.80. The predicted octanol–water partition coefficient (Wildman–Crippen LogP) is 3.51. The molecule has 2 aromatic carbocycles. The fourth-order valence-electron chi connectivity index (χ4n) is 2.66. The van der Waals surface area contributed by atoms with Crippen LogP contribution in [-0.2, 0) is 0 Å². The minimum absolute atomic E-state index is 0.0690. The van der Waals surface area contributed by atoms with Gasteiger partial charge in [-0.05, 0) is 42.7 Å². The van der Waals surface area contributed by atoms with E-state index in [0.717, 1.165) is 0 Å². The summed E-state index contributed by atoms with van der Waals surface area (Å²) in [6.07, 6.45) is 1.50. The van der Waals surface area contributed by atoms with Crippen molar-refractivity contribution in [3.63, 3.8) is 0 Å². The lowest BCUT2D eigenvalue weighted by molar-refractivity contribution is 0.609. The maximum Gasteiger partial charge on any atom is 0.270 e. The van der Waals surface area contributed by atoms with E-state index in [1.54, 1.807) is 50.2 Å². The zero-order valence-electron chi connectivity index (χ0n) is 14.7. The molecule has 1 aromatic heterocycles. The number of halogens is 1. The molecule has 0 aliphatic rings. The molecular formula is C20H16FN5O. The standard InChI is InChI=1S/C20H16FN5O/c1-12-8-14(9-13(2)17(12)21)11-23-26-20-24-18(15-6-4-3-5-7-15)16(10-22)19(27)25-20/h3-9,11H,1-2H3,(H2,24,25,26,27). The summed E-state index contributed by atoms with van der Waals surface area (Å²) in [6.45, 7) is 3.36. The molecule has 27 heavy (non-hydrogen) atoms. The summed E-state index contributed by atoms with van der Waals surface area (Å²) < 4.78 is 13.7. The van der Waals surface area contributed by atoms with Gasteiger partial charge in [0.05, 0.1) is 11.9 Å². The van der Waals surface area contributed by atoms with Crippen LogP contribution in [-0.4, -0.2) is 16.2 Å². The number of hydrogen-bond donors (Lipinski definition) is 2. The molecule has 0 atom stereocenters. The van der Waals surface area contributed by atoms with Gasteiger partial charge in [-0.25, -0.2) is 14.8 Å². The Balaban J connectivity index is 1.91. The third-order valence-corrected chi connectivity index (χ3v) is 3.92. The Morgan fingerprint density at radius 2 is 1.89 bits per heavy atom. The number of hydrazone groups is 1. The molecule has 0 fully saturated rings. The number of aromatic amines is 1. The lowest BCUT2D eigenvalue weighted by Crippen LogP contribution is -2.16. The van der Waals surface area contributed by atoms with E-state index < -0.39 is 5.56 Å². The lowest BCUT2D eigenvalue weighted by atomic mass is 10.1. The zero-order valence-corrected chi connectivity index (χ0v) is 14.7. The minimum Gasteiger partial charge on any atom is -0.290 e. The summed E-state index contributed by atoms with van der Waals surface area (Å²) >= 11 is 0. The van der Waals surface area contributed by atoms with Crippen LogP contribution in [0.2, 0.25) is 0 Å². The van der Waals surface area contributed by atoms with Crippen LogP contribution in [0.4, 0.5) is 10.3 Å². The molecule has 0 bridgehead atoms.